The number of carboxylic acids is 1. The number of rotatable bonds is 5. The first-order valence-electron chi connectivity index (χ1n) is 4.85. The number of hydrogen-bond acceptors (Lipinski definition) is 2. The van der Waals surface area contributed by atoms with E-state index >= 15 is 0 Å². The van der Waals surface area contributed by atoms with Crippen molar-refractivity contribution in [3.05, 3.63) is 28.8 Å². The molecule has 4 heteroatoms. The van der Waals surface area contributed by atoms with Gasteiger partial charge in [0.25, 0.3) is 0 Å². The van der Waals surface area contributed by atoms with Crippen LogP contribution >= 0.6 is 11.6 Å². The Morgan fingerprint density at radius 3 is 2.88 bits per heavy atom. The zero-order valence-corrected chi connectivity index (χ0v) is 9.42. The molecule has 0 amide bonds. The molecular formula is C12H12ClNO2. The van der Waals surface area contributed by atoms with Crippen LogP contribution in [0.4, 0.5) is 5.69 Å². The second-order valence-electron chi connectivity index (χ2n) is 3.23. The van der Waals surface area contributed by atoms with Gasteiger partial charge in [0.15, 0.2) is 0 Å². The minimum Gasteiger partial charge on any atom is -0.478 e. The lowest BCUT2D eigenvalue weighted by atomic mass is 10.2. The molecule has 0 bridgehead atoms. The topological polar surface area (TPSA) is 49.3 Å². The van der Waals surface area contributed by atoms with Crippen molar-refractivity contribution < 1.29 is 9.90 Å². The van der Waals surface area contributed by atoms with Gasteiger partial charge in [-0.1, -0.05) is 11.6 Å². The summed E-state index contributed by atoms with van der Waals surface area (Å²) in [5, 5.41) is 12.1. The molecule has 0 radical (unpaired) electrons. The minimum absolute atomic E-state index is 0.107. The lowest BCUT2D eigenvalue weighted by molar-refractivity contribution is 0.0697. The highest BCUT2D eigenvalue weighted by atomic mass is 35.5. The summed E-state index contributed by atoms with van der Waals surface area (Å²) in [6.45, 7) is 0.743. The van der Waals surface area contributed by atoms with Gasteiger partial charge in [0.2, 0.25) is 0 Å². The monoisotopic (exact) mass is 237 g/mol. The molecule has 0 aromatic heterocycles. The molecule has 16 heavy (non-hydrogen) atoms. The van der Waals surface area contributed by atoms with E-state index < -0.39 is 5.97 Å². The molecule has 1 rings (SSSR count). The van der Waals surface area contributed by atoms with Crippen molar-refractivity contribution in [2.75, 3.05) is 11.9 Å². The number of carbonyl (C=O) groups is 1. The van der Waals surface area contributed by atoms with Crippen LogP contribution in [0, 0.1) is 12.3 Å². The van der Waals surface area contributed by atoms with Crippen molar-refractivity contribution in [2.24, 2.45) is 0 Å². The Kier molecular flexibility index (Phi) is 4.68. The second kappa shape index (κ2) is 6.04. The molecule has 0 saturated carbocycles. The largest absolute Gasteiger partial charge is 0.478 e. The van der Waals surface area contributed by atoms with Gasteiger partial charge < -0.3 is 10.4 Å². The first-order valence-corrected chi connectivity index (χ1v) is 5.23. The second-order valence-corrected chi connectivity index (χ2v) is 3.64. The summed E-state index contributed by atoms with van der Waals surface area (Å²) in [5.74, 6) is 1.52. The number of hydrogen-bond donors (Lipinski definition) is 2. The summed E-state index contributed by atoms with van der Waals surface area (Å²) in [6, 6.07) is 4.76. The normalized spacial score (nSPS) is 9.50. The van der Waals surface area contributed by atoms with Crippen molar-refractivity contribution in [1.29, 1.82) is 0 Å². The van der Waals surface area contributed by atoms with E-state index in [1.165, 1.54) is 6.07 Å². The Morgan fingerprint density at radius 2 is 2.31 bits per heavy atom. The van der Waals surface area contributed by atoms with E-state index in [-0.39, 0.29) is 10.6 Å². The first kappa shape index (κ1) is 12.4. The maximum atomic E-state index is 10.7. The average molecular weight is 238 g/mol. The van der Waals surface area contributed by atoms with Gasteiger partial charge in [-0.05, 0) is 24.6 Å². The van der Waals surface area contributed by atoms with Gasteiger partial charge in [-0.3, -0.25) is 0 Å². The van der Waals surface area contributed by atoms with E-state index in [0.29, 0.717) is 6.42 Å². The van der Waals surface area contributed by atoms with Crippen LogP contribution < -0.4 is 5.32 Å². The van der Waals surface area contributed by atoms with E-state index in [4.69, 9.17) is 23.1 Å². The molecule has 0 atom stereocenters. The molecule has 0 saturated heterocycles. The molecule has 0 aliphatic rings. The Labute approximate surface area is 99.4 Å². The fourth-order valence-electron chi connectivity index (χ4n) is 1.22. The number of aromatic carboxylic acids is 1. The van der Waals surface area contributed by atoms with E-state index in [9.17, 15) is 4.79 Å². The number of unbranched alkanes of at least 4 members (excludes halogenated alkanes) is 1. The van der Waals surface area contributed by atoms with Crippen molar-refractivity contribution in [3.8, 4) is 12.3 Å². The Hall–Kier alpha value is -1.66. The maximum Gasteiger partial charge on any atom is 0.337 e. The zero-order chi connectivity index (χ0) is 12.0. The predicted octanol–water partition coefficient (Wildman–Crippen LogP) is 2.86. The summed E-state index contributed by atoms with van der Waals surface area (Å²) in [7, 11) is 0. The number of nitrogens with one attached hydrogen (secondary N) is 1. The minimum atomic E-state index is -1.02. The molecular weight excluding hydrogens is 226 g/mol. The van der Waals surface area contributed by atoms with Crippen LogP contribution in [0.1, 0.15) is 23.2 Å². The summed E-state index contributed by atoms with van der Waals surface area (Å²) in [6.07, 6.45) is 6.71. The van der Waals surface area contributed by atoms with Crippen LogP contribution in [0.15, 0.2) is 18.2 Å². The zero-order valence-electron chi connectivity index (χ0n) is 8.66. The van der Waals surface area contributed by atoms with Crippen molar-refractivity contribution in [2.45, 2.75) is 12.8 Å². The number of terminal acetylenes is 1. The van der Waals surface area contributed by atoms with Gasteiger partial charge in [-0.25, -0.2) is 4.79 Å². The van der Waals surface area contributed by atoms with Gasteiger partial charge >= 0.3 is 5.97 Å². The molecule has 0 unspecified atom stereocenters. The quantitative estimate of drug-likeness (QED) is 0.612. The van der Waals surface area contributed by atoms with Crippen molar-refractivity contribution >= 4 is 23.3 Å². The molecule has 3 nitrogen and oxygen atoms in total. The predicted molar refractivity (Wildman–Crippen MR) is 65.0 cm³/mol. The van der Waals surface area contributed by atoms with Crippen molar-refractivity contribution in [3.63, 3.8) is 0 Å². The number of anilines is 1. The Morgan fingerprint density at radius 1 is 1.56 bits per heavy atom. The standard InChI is InChI=1S/C12H12ClNO2/c1-2-3-4-7-14-9-5-6-10(12(15)16)11(13)8-9/h1,5-6,8,14H,3-4,7H2,(H,15,16). The van der Waals surface area contributed by atoms with Crippen LogP contribution in [0.25, 0.3) is 0 Å². The third-order valence-corrected chi connectivity index (χ3v) is 2.34. The fourth-order valence-corrected chi connectivity index (χ4v) is 1.48. The maximum absolute atomic E-state index is 10.7. The highest BCUT2D eigenvalue weighted by molar-refractivity contribution is 6.33. The molecule has 0 spiro atoms. The van der Waals surface area contributed by atoms with Crippen LogP contribution in [0.3, 0.4) is 0 Å². The van der Waals surface area contributed by atoms with Gasteiger partial charge in [-0.15, -0.1) is 12.3 Å². The fraction of sp³-hybridized carbons (Fsp3) is 0.250. The van der Waals surface area contributed by atoms with Crippen LogP contribution in [-0.4, -0.2) is 17.6 Å². The molecule has 1 aromatic rings. The highest BCUT2D eigenvalue weighted by Gasteiger charge is 2.08. The number of benzene rings is 1. The van der Waals surface area contributed by atoms with Crippen molar-refractivity contribution in [1.82, 2.24) is 0 Å². The lowest BCUT2D eigenvalue weighted by Gasteiger charge is -2.06. The Balaban J connectivity index is 2.60. The molecule has 2 N–H and O–H groups in total. The number of carboxylic acid groups (broad SMARTS) is 1. The van der Waals surface area contributed by atoms with Gasteiger partial charge in [0, 0.05) is 18.7 Å². The average Bonchev–Trinajstić information content (AvgIpc) is 2.24. The molecule has 0 heterocycles. The molecule has 0 aliphatic carbocycles. The third-order valence-electron chi connectivity index (χ3n) is 2.03. The molecule has 0 aliphatic heterocycles. The van der Waals surface area contributed by atoms with E-state index in [0.717, 1.165) is 18.7 Å². The summed E-state index contributed by atoms with van der Waals surface area (Å²) in [5.41, 5.74) is 0.905. The van der Waals surface area contributed by atoms with Gasteiger partial charge in [0.05, 0.1) is 10.6 Å². The SMILES string of the molecule is C#CCCCNc1ccc(C(=O)O)c(Cl)c1. The molecule has 0 fully saturated rings. The highest BCUT2D eigenvalue weighted by Crippen LogP contribution is 2.20. The van der Waals surface area contributed by atoms with Crippen LogP contribution in [0.5, 0.6) is 0 Å². The summed E-state index contributed by atoms with van der Waals surface area (Å²) in [4.78, 5) is 10.7. The van der Waals surface area contributed by atoms with Gasteiger partial charge in [0.1, 0.15) is 0 Å². The van der Waals surface area contributed by atoms with Crippen LogP contribution in [-0.2, 0) is 0 Å². The Bertz CT molecular complexity index is 424. The van der Waals surface area contributed by atoms with E-state index in [2.05, 4.69) is 11.2 Å². The lowest BCUT2D eigenvalue weighted by Crippen LogP contribution is -2.03. The molecule has 1 aromatic carbocycles. The first-order chi connectivity index (χ1) is 7.65. The summed E-state index contributed by atoms with van der Waals surface area (Å²) >= 11 is 5.81. The summed E-state index contributed by atoms with van der Waals surface area (Å²) < 4.78 is 0. The van der Waals surface area contributed by atoms with Crippen LogP contribution in [0.2, 0.25) is 5.02 Å². The number of halogens is 1. The third kappa shape index (κ3) is 3.48. The molecule has 84 valence electrons. The van der Waals surface area contributed by atoms with E-state index in [1.54, 1.807) is 12.1 Å². The smallest absolute Gasteiger partial charge is 0.337 e. The van der Waals surface area contributed by atoms with E-state index in [1.807, 2.05) is 0 Å². The van der Waals surface area contributed by atoms with Gasteiger partial charge in [-0.2, -0.15) is 0 Å².